The fourth-order valence-electron chi connectivity index (χ4n) is 2.35. The first kappa shape index (κ1) is 14.2. The maximum absolute atomic E-state index is 4.35. The lowest BCUT2D eigenvalue weighted by Gasteiger charge is -2.17. The summed E-state index contributed by atoms with van der Waals surface area (Å²) in [6, 6.07) is 10.5. The highest BCUT2D eigenvalue weighted by molar-refractivity contribution is 9.10. The Morgan fingerprint density at radius 3 is 3.00 bits per heavy atom. The first-order chi connectivity index (χ1) is 10.2. The number of rotatable bonds is 5. The molecule has 0 N–H and O–H groups in total. The standard InChI is InChI=1S/C16H17BrN4/c1-20(7-8-21-12-15(17)10-19-21)11-13-4-5-16-14(9-13)3-2-6-18-16/h2-6,9-10,12H,7-8,11H2,1H3. The van der Waals surface area contributed by atoms with E-state index in [1.165, 1.54) is 10.9 Å². The van der Waals surface area contributed by atoms with E-state index >= 15 is 0 Å². The largest absolute Gasteiger partial charge is 0.300 e. The summed E-state index contributed by atoms with van der Waals surface area (Å²) in [4.78, 5) is 6.65. The van der Waals surface area contributed by atoms with E-state index in [1.807, 2.05) is 29.3 Å². The molecule has 0 bridgehead atoms. The van der Waals surface area contributed by atoms with Crippen molar-refractivity contribution in [1.82, 2.24) is 19.7 Å². The zero-order valence-electron chi connectivity index (χ0n) is 11.9. The monoisotopic (exact) mass is 344 g/mol. The number of hydrogen-bond donors (Lipinski definition) is 0. The third kappa shape index (κ3) is 3.68. The molecule has 0 radical (unpaired) electrons. The second kappa shape index (κ2) is 6.37. The van der Waals surface area contributed by atoms with Crippen LogP contribution < -0.4 is 0 Å². The minimum absolute atomic E-state index is 0.886. The lowest BCUT2D eigenvalue weighted by Crippen LogP contribution is -2.23. The van der Waals surface area contributed by atoms with Crippen molar-refractivity contribution in [3.8, 4) is 0 Å². The Labute approximate surface area is 132 Å². The van der Waals surface area contributed by atoms with Crippen LogP contribution in [0.15, 0.2) is 53.4 Å². The summed E-state index contributed by atoms with van der Waals surface area (Å²) in [6.07, 6.45) is 5.64. The highest BCUT2D eigenvalue weighted by Crippen LogP contribution is 2.14. The van der Waals surface area contributed by atoms with Crippen molar-refractivity contribution in [2.45, 2.75) is 13.1 Å². The number of hydrogen-bond acceptors (Lipinski definition) is 3. The fraction of sp³-hybridized carbons (Fsp3) is 0.250. The van der Waals surface area contributed by atoms with Crippen LogP contribution in [0.1, 0.15) is 5.56 Å². The predicted molar refractivity (Wildman–Crippen MR) is 88.0 cm³/mol. The molecular formula is C16H17BrN4. The number of nitrogens with zero attached hydrogens (tertiary/aromatic N) is 4. The molecule has 0 unspecified atom stereocenters. The summed E-state index contributed by atoms with van der Waals surface area (Å²) in [7, 11) is 2.13. The van der Waals surface area contributed by atoms with Crippen molar-refractivity contribution in [2.75, 3.05) is 13.6 Å². The predicted octanol–water partition coefficient (Wildman–Crippen LogP) is 3.33. The molecule has 0 aliphatic heterocycles. The van der Waals surface area contributed by atoms with Gasteiger partial charge in [0.05, 0.1) is 22.7 Å². The Morgan fingerprint density at radius 1 is 1.29 bits per heavy atom. The third-order valence-electron chi connectivity index (χ3n) is 3.43. The molecule has 1 aromatic carbocycles. The van der Waals surface area contributed by atoms with Crippen LogP contribution in [0.2, 0.25) is 0 Å². The molecule has 4 nitrogen and oxygen atoms in total. The van der Waals surface area contributed by atoms with Crippen molar-refractivity contribution in [1.29, 1.82) is 0 Å². The van der Waals surface area contributed by atoms with Crippen LogP contribution >= 0.6 is 15.9 Å². The highest BCUT2D eigenvalue weighted by Gasteiger charge is 2.03. The Balaban J connectivity index is 1.61. The molecule has 0 saturated carbocycles. The van der Waals surface area contributed by atoms with Gasteiger partial charge in [-0.1, -0.05) is 12.1 Å². The first-order valence-corrected chi connectivity index (χ1v) is 7.70. The average molecular weight is 345 g/mol. The Bertz CT molecular complexity index is 738. The molecular weight excluding hydrogens is 328 g/mol. The van der Waals surface area contributed by atoms with E-state index in [0.717, 1.165) is 29.6 Å². The van der Waals surface area contributed by atoms with E-state index in [2.05, 4.69) is 62.2 Å². The second-order valence-electron chi connectivity index (χ2n) is 5.19. The van der Waals surface area contributed by atoms with Gasteiger partial charge >= 0.3 is 0 Å². The van der Waals surface area contributed by atoms with E-state index in [1.54, 1.807) is 0 Å². The molecule has 3 aromatic rings. The summed E-state index contributed by atoms with van der Waals surface area (Å²) in [5.41, 5.74) is 2.35. The normalized spacial score (nSPS) is 11.4. The van der Waals surface area contributed by atoms with Gasteiger partial charge in [0.25, 0.3) is 0 Å². The summed E-state index contributed by atoms with van der Waals surface area (Å²) in [5.74, 6) is 0. The lowest BCUT2D eigenvalue weighted by molar-refractivity contribution is 0.305. The zero-order valence-corrected chi connectivity index (χ0v) is 13.5. The van der Waals surface area contributed by atoms with Crippen molar-refractivity contribution >= 4 is 26.8 Å². The lowest BCUT2D eigenvalue weighted by atomic mass is 10.1. The van der Waals surface area contributed by atoms with E-state index in [4.69, 9.17) is 0 Å². The highest BCUT2D eigenvalue weighted by atomic mass is 79.9. The second-order valence-corrected chi connectivity index (χ2v) is 6.11. The van der Waals surface area contributed by atoms with Crippen LogP contribution in [0, 0.1) is 0 Å². The topological polar surface area (TPSA) is 34.0 Å². The van der Waals surface area contributed by atoms with Gasteiger partial charge in [-0.15, -0.1) is 0 Å². The van der Waals surface area contributed by atoms with Gasteiger partial charge in [-0.05, 0) is 46.7 Å². The number of pyridine rings is 1. The molecule has 0 saturated heterocycles. The van der Waals surface area contributed by atoms with Gasteiger partial charge in [-0.2, -0.15) is 5.10 Å². The molecule has 0 aliphatic carbocycles. The molecule has 0 aliphatic rings. The van der Waals surface area contributed by atoms with Crippen molar-refractivity contribution in [2.24, 2.45) is 0 Å². The molecule has 0 amide bonds. The number of benzene rings is 1. The van der Waals surface area contributed by atoms with Crippen molar-refractivity contribution < 1.29 is 0 Å². The minimum Gasteiger partial charge on any atom is -0.300 e. The van der Waals surface area contributed by atoms with Crippen molar-refractivity contribution in [3.05, 3.63) is 59.0 Å². The molecule has 2 aromatic heterocycles. The van der Waals surface area contributed by atoms with E-state index in [0.29, 0.717) is 0 Å². The summed E-state index contributed by atoms with van der Waals surface area (Å²) >= 11 is 3.41. The molecule has 0 spiro atoms. The fourth-order valence-corrected chi connectivity index (χ4v) is 2.68. The maximum atomic E-state index is 4.35. The van der Waals surface area contributed by atoms with Crippen LogP contribution in [-0.2, 0) is 13.1 Å². The van der Waals surface area contributed by atoms with Gasteiger partial charge in [0.1, 0.15) is 0 Å². The SMILES string of the molecule is CN(CCn1cc(Br)cn1)Cc1ccc2ncccc2c1. The van der Waals surface area contributed by atoms with Gasteiger partial charge in [-0.25, -0.2) is 0 Å². The quantitative estimate of drug-likeness (QED) is 0.711. The van der Waals surface area contributed by atoms with Gasteiger partial charge in [0.15, 0.2) is 0 Å². The number of halogens is 1. The van der Waals surface area contributed by atoms with Crippen LogP contribution in [0.4, 0.5) is 0 Å². The molecule has 21 heavy (non-hydrogen) atoms. The molecule has 0 fully saturated rings. The molecule has 2 heterocycles. The summed E-state index contributed by atoms with van der Waals surface area (Å²) < 4.78 is 2.97. The van der Waals surface area contributed by atoms with Crippen LogP contribution in [0.5, 0.6) is 0 Å². The number of aromatic nitrogens is 3. The molecule has 3 rings (SSSR count). The maximum Gasteiger partial charge on any atom is 0.0702 e. The number of fused-ring (bicyclic) bond motifs is 1. The Morgan fingerprint density at radius 2 is 2.19 bits per heavy atom. The molecule has 0 atom stereocenters. The number of likely N-dealkylation sites (N-methyl/N-ethyl adjacent to an activating group) is 1. The van der Waals surface area contributed by atoms with Gasteiger partial charge < -0.3 is 4.90 Å². The Hall–Kier alpha value is -1.72. The van der Waals surface area contributed by atoms with Crippen molar-refractivity contribution in [3.63, 3.8) is 0 Å². The first-order valence-electron chi connectivity index (χ1n) is 6.91. The van der Waals surface area contributed by atoms with E-state index in [9.17, 15) is 0 Å². The van der Waals surface area contributed by atoms with Crippen LogP contribution in [-0.4, -0.2) is 33.3 Å². The Kier molecular flexibility index (Phi) is 4.31. The van der Waals surface area contributed by atoms with Gasteiger partial charge in [0.2, 0.25) is 0 Å². The smallest absolute Gasteiger partial charge is 0.0702 e. The van der Waals surface area contributed by atoms with Crippen LogP contribution in [0.25, 0.3) is 10.9 Å². The van der Waals surface area contributed by atoms with Gasteiger partial charge in [0, 0.05) is 30.9 Å². The molecule has 5 heteroatoms. The van der Waals surface area contributed by atoms with E-state index in [-0.39, 0.29) is 0 Å². The average Bonchev–Trinajstić information content (AvgIpc) is 2.91. The third-order valence-corrected chi connectivity index (χ3v) is 3.84. The molecule has 108 valence electrons. The summed E-state index contributed by atoms with van der Waals surface area (Å²) in [6.45, 7) is 2.77. The minimum atomic E-state index is 0.886. The van der Waals surface area contributed by atoms with Crippen LogP contribution in [0.3, 0.4) is 0 Å². The van der Waals surface area contributed by atoms with E-state index < -0.39 is 0 Å². The van der Waals surface area contributed by atoms with Gasteiger partial charge in [-0.3, -0.25) is 9.67 Å². The zero-order chi connectivity index (χ0) is 14.7. The summed E-state index contributed by atoms with van der Waals surface area (Å²) in [5, 5.41) is 5.46.